The molecule has 0 saturated carbocycles. The molecule has 6 rings (SSSR count). The number of nitrogens with one attached hydrogen (secondary N) is 1. The van der Waals surface area contributed by atoms with Gasteiger partial charge in [0.15, 0.2) is 0 Å². The lowest BCUT2D eigenvalue weighted by molar-refractivity contribution is -0.158. The molecule has 1 amide bonds. The summed E-state index contributed by atoms with van der Waals surface area (Å²) >= 11 is 1.49. The Morgan fingerprint density at radius 3 is 2.49 bits per heavy atom. The molecule has 1 atom stereocenters. The number of aromatic nitrogens is 2. The fourth-order valence-electron chi connectivity index (χ4n) is 5.92. The SMILES string of the molecule is CC(C)(C)OC(=O)N1CCc2cc(-c3nnc(-c4ccc(F)cc4OCCOCCNC(c4ccccc4)C(F)(F)F)c4sccc34)ccc2C1. The van der Waals surface area contributed by atoms with Crippen LogP contribution < -0.4 is 10.1 Å². The number of thiophene rings is 1. The van der Waals surface area contributed by atoms with Gasteiger partial charge in [-0.15, -0.1) is 21.5 Å². The zero-order chi connectivity index (χ0) is 36.2. The van der Waals surface area contributed by atoms with Crippen molar-refractivity contribution >= 4 is 27.5 Å². The summed E-state index contributed by atoms with van der Waals surface area (Å²) in [4.78, 5) is 14.4. The second-order valence-electron chi connectivity index (χ2n) is 13.1. The molecule has 3 heterocycles. The Labute approximate surface area is 297 Å². The average Bonchev–Trinajstić information content (AvgIpc) is 3.58. The molecule has 0 spiro atoms. The lowest BCUT2D eigenvalue weighted by Gasteiger charge is -2.31. The van der Waals surface area contributed by atoms with E-state index in [1.165, 1.54) is 35.6 Å². The number of benzene rings is 3. The van der Waals surface area contributed by atoms with Crippen LogP contribution in [0.5, 0.6) is 5.75 Å². The predicted octanol–water partition coefficient (Wildman–Crippen LogP) is 8.75. The van der Waals surface area contributed by atoms with E-state index in [2.05, 4.69) is 21.6 Å². The third kappa shape index (κ3) is 8.84. The Hall–Kier alpha value is -4.59. The molecule has 0 saturated heterocycles. The predicted molar refractivity (Wildman–Crippen MR) is 188 cm³/mol. The molecule has 8 nitrogen and oxygen atoms in total. The van der Waals surface area contributed by atoms with Crippen molar-refractivity contribution in [2.45, 2.75) is 51.6 Å². The van der Waals surface area contributed by atoms with Gasteiger partial charge in [-0.25, -0.2) is 9.18 Å². The number of carbonyl (C=O) groups excluding carboxylic acids is 1. The smallest absolute Gasteiger partial charge is 0.410 e. The molecule has 1 N–H and O–H groups in total. The van der Waals surface area contributed by atoms with Gasteiger partial charge in [-0.1, -0.05) is 42.5 Å². The highest BCUT2D eigenvalue weighted by Gasteiger charge is 2.40. The number of fused-ring (bicyclic) bond motifs is 2. The lowest BCUT2D eigenvalue weighted by atomic mass is 9.95. The maximum atomic E-state index is 14.4. The van der Waals surface area contributed by atoms with Crippen LogP contribution in [0.2, 0.25) is 0 Å². The van der Waals surface area contributed by atoms with Gasteiger partial charge in [0.1, 0.15) is 41.2 Å². The number of carbonyl (C=O) groups is 1. The topological polar surface area (TPSA) is 85.8 Å². The number of hydrogen-bond acceptors (Lipinski definition) is 8. The van der Waals surface area contributed by atoms with Crippen molar-refractivity contribution in [3.63, 3.8) is 0 Å². The number of rotatable bonds is 11. The Balaban J connectivity index is 1.11. The number of halogens is 4. The van der Waals surface area contributed by atoms with E-state index < -0.39 is 23.6 Å². The zero-order valence-electron chi connectivity index (χ0n) is 28.4. The first-order valence-corrected chi connectivity index (χ1v) is 17.4. The molecule has 0 aliphatic carbocycles. The zero-order valence-corrected chi connectivity index (χ0v) is 29.2. The van der Waals surface area contributed by atoms with Crippen LogP contribution in [0.25, 0.3) is 32.6 Å². The van der Waals surface area contributed by atoms with Crippen molar-refractivity contribution in [1.29, 1.82) is 0 Å². The highest BCUT2D eigenvalue weighted by Crippen LogP contribution is 2.40. The molecule has 0 fully saturated rings. The van der Waals surface area contributed by atoms with Crippen LogP contribution in [0, 0.1) is 5.82 Å². The summed E-state index contributed by atoms with van der Waals surface area (Å²) < 4.78 is 73.0. The van der Waals surface area contributed by atoms with E-state index in [1.54, 1.807) is 29.2 Å². The molecule has 0 radical (unpaired) electrons. The molecule has 3 aromatic carbocycles. The normalized spacial score (nSPS) is 14.0. The van der Waals surface area contributed by atoms with Gasteiger partial charge in [-0.05, 0) is 73.5 Å². The summed E-state index contributed by atoms with van der Waals surface area (Å²) in [6.07, 6.45) is -4.11. The van der Waals surface area contributed by atoms with Crippen molar-refractivity contribution in [3.8, 4) is 28.3 Å². The Bertz CT molecular complexity index is 1980. The minimum absolute atomic E-state index is 0.0201. The number of ether oxygens (including phenoxy) is 3. The summed E-state index contributed by atoms with van der Waals surface area (Å²) in [5, 5.41) is 14.5. The van der Waals surface area contributed by atoms with E-state index in [0.717, 1.165) is 26.8 Å². The standard InChI is InChI=1S/C38H38F4N4O4S/c1-37(2,3)50-36(47)46-16-13-25-21-26(9-10-27(25)23-46)32-30-14-20-51-34(30)33(45-44-32)29-12-11-28(39)22-31(29)49-19-18-48-17-15-43-35(38(40,41)42)24-7-5-4-6-8-24/h4-12,14,20-22,35,43H,13,15-19,23H2,1-3H3. The number of nitrogens with zero attached hydrogens (tertiary/aromatic N) is 3. The van der Waals surface area contributed by atoms with Crippen molar-refractivity contribution in [2.75, 3.05) is 32.9 Å². The average molecular weight is 723 g/mol. The van der Waals surface area contributed by atoms with E-state index in [-0.39, 0.29) is 43.8 Å². The van der Waals surface area contributed by atoms with Crippen LogP contribution in [0.15, 0.2) is 78.2 Å². The molecule has 1 unspecified atom stereocenters. The molecule has 51 heavy (non-hydrogen) atoms. The van der Waals surface area contributed by atoms with Crippen LogP contribution in [0.3, 0.4) is 0 Å². The molecular formula is C38H38F4N4O4S. The fourth-order valence-corrected chi connectivity index (χ4v) is 6.81. The van der Waals surface area contributed by atoms with E-state index >= 15 is 0 Å². The minimum atomic E-state index is -4.46. The maximum absolute atomic E-state index is 14.4. The van der Waals surface area contributed by atoms with E-state index in [0.29, 0.717) is 36.5 Å². The molecular weight excluding hydrogens is 685 g/mol. The monoisotopic (exact) mass is 722 g/mol. The second-order valence-corrected chi connectivity index (χ2v) is 14.1. The number of hydrogen-bond donors (Lipinski definition) is 1. The van der Waals surface area contributed by atoms with Crippen molar-refractivity contribution in [1.82, 2.24) is 20.4 Å². The summed E-state index contributed by atoms with van der Waals surface area (Å²) in [5.74, 6) is -0.248. The Morgan fingerprint density at radius 2 is 1.73 bits per heavy atom. The van der Waals surface area contributed by atoms with E-state index in [1.807, 2.05) is 44.4 Å². The van der Waals surface area contributed by atoms with Gasteiger partial charge < -0.3 is 24.4 Å². The quantitative estimate of drug-likeness (QED) is 0.108. The molecule has 2 aromatic heterocycles. The van der Waals surface area contributed by atoms with E-state index in [9.17, 15) is 22.4 Å². The Kier molecular flexibility index (Phi) is 10.9. The van der Waals surface area contributed by atoms with E-state index in [4.69, 9.17) is 14.2 Å². The van der Waals surface area contributed by atoms with Crippen LogP contribution in [-0.2, 0) is 22.4 Å². The highest BCUT2D eigenvalue weighted by atomic mass is 32.1. The number of amides is 1. The molecule has 268 valence electrons. The van der Waals surface area contributed by atoms with Crippen LogP contribution in [0.4, 0.5) is 22.4 Å². The van der Waals surface area contributed by atoms with Crippen LogP contribution in [0.1, 0.15) is 43.5 Å². The molecule has 5 aromatic rings. The summed E-state index contributed by atoms with van der Waals surface area (Å²) in [6, 6.07) is 18.1. The van der Waals surface area contributed by atoms with Crippen LogP contribution in [-0.4, -0.2) is 65.9 Å². The summed E-state index contributed by atoms with van der Waals surface area (Å²) in [6.45, 7) is 6.67. The largest absolute Gasteiger partial charge is 0.490 e. The number of alkyl halides is 3. The Morgan fingerprint density at radius 1 is 0.941 bits per heavy atom. The first-order valence-electron chi connectivity index (χ1n) is 16.6. The van der Waals surface area contributed by atoms with Crippen molar-refractivity contribution in [2.24, 2.45) is 0 Å². The first-order chi connectivity index (χ1) is 24.4. The van der Waals surface area contributed by atoms with Crippen molar-refractivity contribution < 1.29 is 36.6 Å². The third-order valence-electron chi connectivity index (χ3n) is 8.27. The van der Waals surface area contributed by atoms with Crippen LogP contribution >= 0.6 is 11.3 Å². The fraction of sp³-hybridized carbons (Fsp3) is 0.342. The third-order valence-corrected chi connectivity index (χ3v) is 9.19. The van der Waals surface area contributed by atoms with Gasteiger partial charge >= 0.3 is 12.3 Å². The second kappa shape index (κ2) is 15.3. The van der Waals surface area contributed by atoms with Gasteiger partial charge in [0, 0.05) is 42.2 Å². The summed E-state index contributed by atoms with van der Waals surface area (Å²) in [7, 11) is 0. The van der Waals surface area contributed by atoms with Gasteiger partial charge in [-0.2, -0.15) is 13.2 Å². The highest BCUT2D eigenvalue weighted by molar-refractivity contribution is 7.17. The van der Waals surface area contributed by atoms with Gasteiger partial charge in [0.05, 0.1) is 17.9 Å². The van der Waals surface area contributed by atoms with Gasteiger partial charge in [0.25, 0.3) is 0 Å². The molecule has 13 heteroatoms. The lowest BCUT2D eigenvalue weighted by Crippen LogP contribution is -2.39. The molecule has 0 bridgehead atoms. The maximum Gasteiger partial charge on any atom is 0.410 e. The summed E-state index contributed by atoms with van der Waals surface area (Å²) in [5.41, 5.74) is 4.43. The minimum Gasteiger partial charge on any atom is -0.490 e. The molecule has 1 aliphatic heterocycles. The van der Waals surface area contributed by atoms with Gasteiger partial charge in [0.2, 0.25) is 0 Å². The van der Waals surface area contributed by atoms with Crippen molar-refractivity contribution in [3.05, 3.63) is 101 Å². The first kappa shape index (κ1) is 36.2. The molecule has 1 aliphatic rings. The van der Waals surface area contributed by atoms with Gasteiger partial charge in [-0.3, -0.25) is 0 Å².